The van der Waals surface area contributed by atoms with Crippen LogP contribution in [-0.4, -0.2) is 12.5 Å². The molecule has 0 aliphatic rings. The monoisotopic (exact) mass is 311 g/mol. The van der Waals surface area contributed by atoms with Gasteiger partial charge in [0.25, 0.3) is 5.91 Å². The lowest BCUT2D eigenvalue weighted by atomic mass is 10.00. The molecule has 0 aliphatic carbocycles. The lowest BCUT2D eigenvalue weighted by Gasteiger charge is -2.17. The quantitative estimate of drug-likeness (QED) is 0.899. The third-order valence-electron chi connectivity index (χ3n) is 3.84. The van der Waals surface area contributed by atoms with Crippen molar-refractivity contribution in [1.29, 1.82) is 0 Å². The van der Waals surface area contributed by atoms with Crippen LogP contribution in [-0.2, 0) is 4.79 Å². The van der Waals surface area contributed by atoms with Gasteiger partial charge in [0.1, 0.15) is 5.75 Å². The molecule has 3 nitrogen and oxygen atoms in total. The SMILES string of the molecule is Cc1cc(C)cc(OCC(=O)N[C@H](C)c2cc(C)ccc2C)c1. The Morgan fingerprint density at radius 3 is 2.30 bits per heavy atom. The van der Waals surface area contributed by atoms with Crippen molar-refractivity contribution in [3.05, 3.63) is 64.2 Å². The summed E-state index contributed by atoms with van der Waals surface area (Å²) >= 11 is 0. The van der Waals surface area contributed by atoms with Gasteiger partial charge in [-0.2, -0.15) is 0 Å². The number of carbonyl (C=O) groups is 1. The lowest BCUT2D eigenvalue weighted by molar-refractivity contribution is -0.123. The minimum atomic E-state index is -0.113. The zero-order valence-electron chi connectivity index (χ0n) is 14.6. The van der Waals surface area contributed by atoms with E-state index >= 15 is 0 Å². The number of aryl methyl sites for hydroxylation is 4. The molecule has 2 rings (SSSR count). The van der Waals surface area contributed by atoms with Crippen LogP contribution in [0, 0.1) is 27.7 Å². The summed E-state index contributed by atoms with van der Waals surface area (Å²) in [6, 6.07) is 12.2. The summed E-state index contributed by atoms with van der Waals surface area (Å²) in [5, 5.41) is 3.00. The maximum absolute atomic E-state index is 12.1. The van der Waals surface area contributed by atoms with Gasteiger partial charge < -0.3 is 10.1 Å². The average molecular weight is 311 g/mol. The number of hydrogen-bond acceptors (Lipinski definition) is 2. The van der Waals surface area contributed by atoms with E-state index in [4.69, 9.17) is 4.74 Å². The molecule has 2 aromatic rings. The van der Waals surface area contributed by atoms with E-state index in [1.807, 2.05) is 32.9 Å². The summed E-state index contributed by atoms with van der Waals surface area (Å²) < 4.78 is 5.61. The minimum Gasteiger partial charge on any atom is -0.484 e. The van der Waals surface area contributed by atoms with E-state index in [-0.39, 0.29) is 18.6 Å². The Bertz CT molecular complexity index is 687. The summed E-state index contributed by atoms with van der Waals surface area (Å²) in [7, 11) is 0. The highest BCUT2D eigenvalue weighted by atomic mass is 16.5. The summed E-state index contributed by atoms with van der Waals surface area (Å²) in [6.45, 7) is 10.2. The Balaban J connectivity index is 1.95. The molecular formula is C20H25NO2. The van der Waals surface area contributed by atoms with Crippen LogP contribution >= 0.6 is 0 Å². The third kappa shape index (κ3) is 4.85. The molecule has 1 amide bonds. The van der Waals surface area contributed by atoms with Crippen molar-refractivity contribution in [2.24, 2.45) is 0 Å². The van der Waals surface area contributed by atoms with Crippen LogP contribution in [0.15, 0.2) is 36.4 Å². The van der Waals surface area contributed by atoms with Crippen molar-refractivity contribution in [2.45, 2.75) is 40.7 Å². The Labute approximate surface area is 138 Å². The molecule has 1 atom stereocenters. The van der Waals surface area contributed by atoms with Crippen LogP contribution in [0.2, 0.25) is 0 Å². The largest absolute Gasteiger partial charge is 0.484 e. The summed E-state index contributed by atoms with van der Waals surface area (Å²) in [5.74, 6) is 0.620. The summed E-state index contributed by atoms with van der Waals surface area (Å²) in [6.07, 6.45) is 0. The molecule has 0 fully saturated rings. The van der Waals surface area contributed by atoms with Crippen LogP contribution in [0.5, 0.6) is 5.75 Å². The fourth-order valence-corrected chi connectivity index (χ4v) is 2.75. The van der Waals surface area contributed by atoms with Crippen molar-refractivity contribution >= 4 is 5.91 Å². The van der Waals surface area contributed by atoms with Crippen LogP contribution in [0.3, 0.4) is 0 Å². The molecule has 0 bridgehead atoms. The molecule has 0 radical (unpaired) electrons. The zero-order chi connectivity index (χ0) is 17.0. The van der Waals surface area contributed by atoms with Gasteiger partial charge in [0.15, 0.2) is 6.61 Å². The van der Waals surface area contributed by atoms with Gasteiger partial charge in [-0.1, -0.05) is 29.8 Å². The highest BCUT2D eigenvalue weighted by molar-refractivity contribution is 5.78. The van der Waals surface area contributed by atoms with Crippen molar-refractivity contribution in [1.82, 2.24) is 5.32 Å². The van der Waals surface area contributed by atoms with Gasteiger partial charge in [0, 0.05) is 0 Å². The van der Waals surface area contributed by atoms with E-state index in [0.29, 0.717) is 0 Å². The van der Waals surface area contributed by atoms with Crippen molar-refractivity contribution in [2.75, 3.05) is 6.61 Å². The van der Waals surface area contributed by atoms with Crippen LogP contribution < -0.4 is 10.1 Å². The molecular weight excluding hydrogens is 286 g/mol. The van der Waals surface area contributed by atoms with Gasteiger partial charge in [0.2, 0.25) is 0 Å². The van der Waals surface area contributed by atoms with Gasteiger partial charge in [-0.05, 0) is 69.0 Å². The number of rotatable bonds is 5. The van der Waals surface area contributed by atoms with Crippen molar-refractivity contribution < 1.29 is 9.53 Å². The third-order valence-corrected chi connectivity index (χ3v) is 3.84. The van der Waals surface area contributed by atoms with E-state index < -0.39 is 0 Å². The topological polar surface area (TPSA) is 38.3 Å². The van der Waals surface area contributed by atoms with E-state index in [0.717, 1.165) is 22.4 Å². The van der Waals surface area contributed by atoms with Gasteiger partial charge in [-0.25, -0.2) is 0 Å². The highest BCUT2D eigenvalue weighted by Gasteiger charge is 2.12. The number of ether oxygens (including phenoxy) is 1. The van der Waals surface area contributed by atoms with E-state index in [1.54, 1.807) is 0 Å². The number of nitrogens with one attached hydrogen (secondary N) is 1. The first-order valence-electron chi connectivity index (χ1n) is 7.93. The molecule has 1 N–H and O–H groups in total. The predicted octanol–water partition coefficient (Wildman–Crippen LogP) is 4.18. The van der Waals surface area contributed by atoms with Crippen molar-refractivity contribution in [3.8, 4) is 5.75 Å². The van der Waals surface area contributed by atoms with E-state index in [2.05, 4.69) is 43.4 Å². The number of amides is 1. The first-order valence-corrected chi connectivity index (χ1v) is 7.93. The second kappa shape index (κ2) is 7.32. The lowest BCUT2D eigenvalue weighted by Crippen LogP contribution is -2.31. The van der Waals surface area contributed by atoms with Crippen LogP contribution in [0.4, 0.5) is 0 Å². The van der Waals surface area contributed by atoms with E-state index in [9.17, 15) is 4.79 Å². The second-order valence-electron chi connectivity index (χ2n) is 6.26. The first kappa shape index (κ1) is 17.1. The van der Waals surface area contributed by atoms with Gasteiger partial charge in [0.05, 0.1) is 6.04 Å². The molecule has 3 heteroatoms. The molecule has 0 aliphatic heterocycles. The maximum atomic E-state index is 12.1. The molecule has 0 saturated heterocycles. The highest BCUT2D eigenvalue weighted by Crippen LogP contribution is 2.19. The number of benzene rings is 2. The van der Waals surface area contributed by atoms with Crippen molar-refractivity contribution in [3.63, 3.8) is 0 Å². The minimum absolute atomic E-state index is 0.0259. The fraction of sp³-hybridized carbons (Fsp3) is 0.350. The number of hydrogen-bond donors (Lipinski definition) is 1. The Kier molecular flexibility index (Phi) is 5.43. The Hall–Kier alpha value is -2.29. The van der Waals surface area contributed by atoms with Gasteiger partial charge in [-0.3, -0.25) is 4.79 Å². The molecule has 0 unspecified atom stereocenters. The fourth-order valence-electron chi connectivity index (χ4n) is 2.75. The normalized spacial score (nSPS) is 11.9. The molecule has 0 spiro atoms. The Morgan fingerprint density at radius 1 is 1.00 bits per heavy atom. The van der Waals surface area contributed by atoms with Crippen LogP contribution in [0.1, 0.15) is 40.8 Å². The predicted molar refractivity (Wildman–Crippen MR) is 93.9 cm³/mol. The second-order valence-corrected chi connectivity index (χ2v) is 6.26. The molecule has 0 aromatic heterocycles. The smallest absolute Gasteiger partial charge is 0.258 e. The first-order chi connectivity index (χ1) is 10.8. The standard InChI is InChI=1S/C20H25NO2/c1-13-6-7-16(4)19(11-13)17(5)21-20(22)12-23-18-9-14(2)8-15(3)10-18/h6-11,17H,12H2,1-5H3,(H,21,22)/t17-/m1/s1. The molecule has 2 aromatic carbocycles. The molecule has 0 heterocycles. The van der Waals surface area contributed by atoms with E-state index in [1.165, 1.54) is 11.1 Å². The van der Waals surface area contributed by atoms with Crippen LogP contribution in [0.25, 0.3) is 0 Å². The molecule has 122 valence electrons. The zero-order valence-corrected chi connectivity index (χ0v) is 14.6. The molecule has 23 heavy (non-hydrogen) atoms. The molecule has 0 saturated carbocycles. The average Bonchev–Trinajstić information content (AvgIpc) is 2.46. The summed E-state index contributed by atoms with van der Waals surface area (Å²) in [4.78, 5) is 12.1. The van der Waals surface area contributed by atoms with Gasteiger partial charge >= 0.3 is 0 Å². The Morgan fingerprint density at radius 2 is 1.65 bits per heavy atom. The van der Waals surface area contributed by atoms with Gasteiger partial charge in [-0.15, -0.1) is 0 Å². The summed E-state index contributed by atoms with van der Waals surface area (Å²) in [5.41, 5.74) is 5.77. The maximum Gasteiger partial charge on any atom is 0.258 e. The number of carbonyl (C=O) groups excluding carboxylic acids is 1.